The number of nitro groups is 1. The summed E-state index contributed by atoms with van der Waals surface area (Å²) in [5.74, 6) is -1.21. The average molecular weight is 336 g/mol. The molecule has 0 saturated carbocycles. The molecule has 1 N–H and O–H groups in total. The van der Waals surface area contributed by atoms with E-state index in [0.717, 1.165) is 36.1 Å². The zero-order valence-electron chi connectivity index (χ0n) is 12.2. The van der Waals surface area contributed by atoms with Crippen molar-refractivity contribution in [3.63, 3.8) is 0 Å². The Labute approximate surface area is 135 Å². The Hall–Kier alpha value is -2.68. The normalized spacial score (nSPS) is 10.9. The van der Waals surface area contributed by atoms with Gasteiger partial charge in [0.25, 0.3) is 5.69 Å². The van der Waals surface area contributed by atoms with Gasteiger partial charge in [-0.3, -0.25) is 20.2 Å². The molecule has 0 radical (unpaired) electrons. The van der Waals surface area contributed by atoms with Crippen LogP contribution in [0.2, 0.25) is 0 Å². The molecule has 0 aliphatic rings. The number of hydrogen-bond acceptors (Lipinski definition) is 6. The molecule has 120 valence electrons. The SMILES string of the molecule is CCCc1nnc(NC(=O)C=Cc2ccc(F)cc2[N+](=O)[O-])s1. The van der Waals surface area contributed by atoms with Gasteiger partial charge in [0.2, 0.25) is 11.0 Å². The van der Waals surface area contributed by atoms with Gasteiger partial charge in [-0.1, -0.05) is 18.3 Å². The molecule has 0 bridgehead atoms. The van der Waals surface area contributed by atoms with Gasteiger partial charge < -0.3 is 0 Å². The molecule has 1 aromatic heterocycles. The second-order valence-corrected chi connectivity index (χ2v) is 5.60. The van der Waals surface area contributed by atoms with Crippen LogP contribution in [-0.2, 0) is 11.2 Å². The van der Waals surface area contributed by atoms with Gasteiger partial charge in [0.1, 0.15) is 10.8 Å². The first-order valence-electron chi connectivity index (χ1n) is 6.75. The van der Waals surface area contributed by atoms with Crippen molar-refractivity contribution in [3.8, 4) is 0 Å². The Morgan fingerprint density at radius 3 is 2.96 bits per heavy atom. The summed E-state index contributed by atoms with van der Waals surface area (Å²) in [6, 6.07) is 3.13. The highest BCUT2D eigenvalue weighted by Gasteiger charge is 2.13. The molecule has 0 fully saturated rings. The standard InChI is InChI=1S/C14H13FN4O3S/c1-2-3-13-17-18-14(23-13)16-12(20)7-5-9-4-6-10(15)8-11(9)19(21)22/h4-8H,2-3H2,1H3,(H,16,18,20). The quantitative estimate of drug-likeness (QED) is 0.496. The number of benzene rings is 1. The fraction of sp³-hybridized carbons (Fsp3) is 0.214. The molecule has 1 heterocycles. The first-order chi connectivity index (χ1) is 11.0. The summed E-state index contributed by atoms with van der Waals surface area (Å²) in [4.78, 5) is 22.0. The van der Waals surface area contributed by atoms with Gasteiger partial charge in [-0.25, -0.2) is 4.39 Å². The van der Waals surface area contributed by atoms with Crippen LogP contribution >= 0.6 is 11.3 Å². The fourth-order valence-corrected chi connectivity index (χ4v) is 2.59. The Bertz CT molecular complexity index is 760. The molecule has 1 amide bonds. The highest BCUT2D eigenvalue weighted by molar-refractivity contribution is 7.15. The smallest absolute Gasteiger partial charge is 0.279 e. The Morgan fingerprint density at radius 2 is 2.26 bits per heavy atom. The van der Waals surface area contributed by atoms with Crippen molar-refractivity contribution in [1.29, 1.82) is 0 Å². The minimum atomic E-state index is -0.712. The first kappa shape index (κ1) is 16.7. The van der Waals surface area contributed by atoms with Crippen LogP contribution in [-0.4, -0.2) is 21.0 Å². The number of anilines is 1. The molecule has 0 aliphatic heterocycles. The number of nitro benzene ring substituents is 1. The van der Waals surface area contributed by atoms with Crippen LogP contribution in [0.5, 0.6) is 0 Å². The van der Waals surface area contributed by atoms with Crippen molar-refractivity contribution in [2.75, 3.05) is 5.32 Å². The summed E-state index contributed by atoms with van der Waals surface area (Å²) in [5.41, 5.74) is -0.273. The van der Waals surface area contributed by atoms with E-state index in [4.69, 9.17) is 0 Å². The van der Waals surface area contributed by atoms with Crippen molar-refractivity contribution in [2.45, 2.75) is 19.8 Å². The zero-order valence-corrected chi connectivity index (χ0v) is 13.0. The van der Waals surface area contributed by atoms with E-state index < -0.39 is 22.3 Å². The minimum absolute atomic E-state index is 0.135. The van der Waals surface area contributed by atoms with Crippen LogP contribution in [0.15, 0.2) is 24.3 Å². The van der Waals surface area contributed by atoms with Crippen LogP contribution in [0.3, 0.4) is 0 Å². The van der Waals surface area contributed by atoms with E-state index in [1.54, 1.807) is 0 Å². The lowest BCUT2D eigenvalue weighted by Gasteiger charge is -1.98. The van der Waals surface area contributed by atoms with Crippen LogP contribution in [0.1, 0.15) is 23.9 Å². The minimum Gasteiger partial charge on any atom is -0.297 e. The average Bonchev–Trinajstić information content (AvgIpc) is 2.93. The summed E-state index contributed by atoms with van der Waals surface area (Å²) in [6.07, 6.45) is 4.09. The summed E-state index contributed by atoms with van der Waals surface area (Å²) in [5, 5.41) is 22.3. The number of aryl methyl sites for hydroxylation is 1. The molecule has 7 nitrogen and oxygen atoms in total. The lowest BCUT2D eigenvalue weighted by atomic mass is 10.1. The van der Waals surface area contributed by atoms with Gasteiger partial charge in [-0.15, -0.1) is 10.2 Å². The number of carbonyl (C=O) groups is 1. The molecule has 0 spiro atoms. The van der Waals surface area contributed by atoms with Crippen molar-refractivity contribution in [2.24, 2.45) is 0 Å². The molecule has 1 aromatic carbocycles. The van der Waals surface area contributed by atoms with Gasteiger partial charge in [-0.2, -0.15) is 0 Å². The number of carbonyl (C=O) groups excluding carboxylic acids is 1. The number of amides is 1. The van der Waals surface area contributed by atoms with Crippen molar-refractivity contribution in [3.05, 3.63) is 50.8 Å². The third kappa shape index (κ3) is 4.65. The van der Waals surface area contributed by atoms with E-state index in [0.29, 0.717) is 5.13 Å². The number of halogens is 1. The molecule has 2 aromatic rings. The van der Waals surface area contributed by atoms with Gasteiger partial charge in [0.15, 0.2) is 0 Å². The monoisotopic (exact) mass is 336 g/mol. The van der Waals surface area contributed by atoms with Gasteiger partial charge >= 0.3 is 0 Å². The molecular weight excluding hydrogens is 323 g/mol. The van der Waals surface area contributed by atoms with Gasteiger partial charge in [0, 0.05) is 12.5 Å². The number of hydrogen-bond donors (Lipinski definition) is 1. The van der Waals surface area contributed by atoms with E-state index in [9.17, 15) is 19.3 Å². The fourth-order valence-electron chi connectivity index (χ4n) is 1.75. The van der Waals surface area contributed by atoms with Crippen molar-refractivity contribution in [1.82, 2.24) is 10.2 Å². The van der Waals surface area contributed by atoms with Crippen molar-refractivity contribution >= 4 is 34.1 Å². The maximum absolute atomic E-state index is 13.0. The largest absolute Gasteiger partial charge is 0.297 e. The lowest BCUT2D eigenvalue weighted by molar-refractivity contribution is -0.385. The molecule has 9 heteroatoms. The first-order valence-corrected chi connectivity index (χ1v) is 7.56. The predicted octanol–water partition coefficient (Wildman–Crippen LogP) is 3.19. The lowest BCUT2D eigenvalue weighted by Crippen LogP contribution is -2.07. The molecular formula is C14H13FN4O3S. The summed E-state index contributed by atoms with van der Waals surface area (Å²) in [6.45, 7) is 2.01. The van der Waals surface area contributed by atoms with E-state index in [-0.39, 0.29) is 5.56 Å². The number of nitrogens with zero attached hydrogens (tertiary/aromatic N) is 3. The van der Waals surface area contributed by atoms with E-state index in [1.807, 2.05) is 6.92 Å². The topological polar surface area (TPSA) is 98.0 Å². The van der Waals surface area contributed by atoms with Crippen LogP contribution < -0.4 is 5.32 Å². The maximum atomic E-state index is 13.0. The third-order valence-corrected chi connectivity index (χ3v) is 3.66. The Balaban J connectivity index is 2.07. The van der Waals surface area contributed by atoms with Crippen LogP contribution in [0, 0.1) is 15.9 Å². The zero-order chi connectivity index (χ0) is 16.8. The van der Waals surface area contributed by atoms with E-state index in [2.05, 4.69) is 15.5 Å². The molecule has 0 atom stereocenters. The highest BCUT2D eigenvalue weighted by Crippen LogP contribution is 2.21. The second-order valence-electron chi connectivity index (χ2n) is 4.53. The number of rotatable bonds is 6. The number of nitrogens with one attached hydrogen (secondary N) is 1. The summed E-state index contributed by atoms with van der Waals surface area (Å²) >= 11 is 1.27. The van der Waals surface area contributed by atoms with E-state index in [1.165, 1.54) is 23.5 Å². The highest BCUT2D eigenvalue weighted by atomic mass is 32.1. The Morgan fingerprint density at radius 1 is 1.48 bits per heavy atom. The third-order valence-electron chi connectivity index (χ3n) is 2.76. The second kappa shape index (κ2) is 7.54. The van der Waals surface area contributed by atoms with E-state index >= 15 is 0 Å². The predicted molar refractivity (Wildman–Crippen MR) is 84.6 cm³/mol. The molecule has 23 heavy (non-hydrogen) atoms. The van der Waals surface area contributed by atoms with Crippen molar-refractivity contribution < 1.29 is 14.1 Å². The molecule has 2 rings (SSSR count). The summed E-state index contributed by atoms with van der Waals surface area (Å²) < 4.78 is 13.0. The Kier molecular flexibility index (Phi) is 5.47. The van der Waals surface area contributed by atoms with Gasteiger partial charge in [0.05, 0.1) is 16.6 Å². The van der Waals surface area contributed by atoms with Crippen LogP contribution in [0.25, 0.3) is 6.08 Å². The molecule has 0 saturated heterocycles. The summed E-state index contributed by atoms with van der Waals surface area (Å²) in [7, 11) is 0. The molecule has 0 unspecified atom stereocenters. The van der Waals surface area contributed by atoms with Gasteiger partial charge in [-0.05, 0) is 24.6 Å². The number of aromatic nitrogens is 2. The van der Waals surface area contributed by atoms with Crippen LogP contribution in [0.4, 0.5) is 15.2 Å². The maximum Gasteiger partial charge on any atom is 0.279 e. The molecule has 0 aliphatic carbocycles.